The summed E-state index contributed by atoms with van der Waals surface area (Å²) in [6.45, 7) is 0. The van der Waals surface area contributed by atoms with Crippen molar-refractivity contribution in [2.45, 2.75) is 0 Å². The highest BCUT2D eigenvalue weighted by molar-refractivity contribution is 14.1. The van der Waals surface area contributed by atoms with Crippen molar-refractivity contribution < 1.29 is 9.90 Å². The Bertz CT molecular complexity index is 628. The highest BCUT2D eigenvalue weighted by Crippen LogP contribution is 2.36. The molecule has 1 amide bonds. The fraction of sp³-hybridized carbons (Fsp3) is 0. The van der Waals surface area contributed by atoms with Gasteiger partial charge in [0.2, 0.25) is 0 Å². The van der Waals surface area contributed by atoms with E-state index in [-0.39, 0.29) is 11.3 Å². The number of rotatable bonds is 2. The third-order valence-corrected chi connectivity index (χ3v) is 3.51. The van der Waals surface area contributed by atoms with Crippen molar-refractivity contribution in [1.29, 1.82) is 0 Å². The molecular weight excluding hydrogens is 365 g/mol. The van der Waals surface area contributed by atoms with Crippen LogP contribution in [0.4, 0.5) is 0 Å². The first-order valence-electron chi connectivity index (χ1n) is 5.08. The summed E-state index contributed by atoms with van der Waals surface area (Å²) in [5, 5.41) is 10.6. The lowest BCUT2D eigenvalue weighted by molar-refractivity contribution is 0.0998. The number of nitrogens with two attached hydrogens (primary N) is 1. The van der Waals surface area contributed by atoms with Gasteiger partial charge in [-0.05, 0) is 40.8 Å². The van der Waals surface area contributed by atoms with Gasteiger partial charge in [0.25, 0.3) is 5.91 Å². The zero-order chi connectivity index (χ0) is 13.3. The Labute approximate surface area is 123 Å². The van der Waals surface area contributed by atoms with Crippen molar-refractivity contribution >= 4 is 40.1 Å². The van der Waals surface area contributed by atoms with Crippen LogP contribution < -0.4 is 5.73 Å². The summed E-state index contributed by atoms with van der Waals surface area (Å²) in [6.07, 6.45) is 0. The second kappa shape index (κ2) is 5.16. The van der Waals surface area contributed by atoms with Crippen LogP contribution >= 0.6 is 34.2 Å². The number of hydrogen-bond donors (Lipinski definition) is 2. The number of phenols is 1. The van der Waals surface area contributed by atoms with Gasteiger partial charge in [-0.2, -0.15) is 0 Å². The Morgan fingerprint density at radius 1 is 1.22 bits per heavy atom. The highest BCUT2D eigenvalue weighted by atomic mass is 127. The molecular formula is C13H9ClINO2. The molecule has 5 heteroatoms. The number of benzene rings is 2. The van der Waals surface area contributed by atoms with Gasteiger partial charge in [0.1, 0.15) is 5.75 Å². The van der Waals surface area contributed by atoms with E-state index in [9.17, 15) is 9.90 Å². The Hall–Kier alpha value is -1.27. The Balaban J connectivity index is 2.64. The molecule has 0 saturated heterocycles. The molecule has 0 spiro atoms. The lowest BCUT2D eigenvalue weighted by atomic mass is 10.0. The number of hydrogen-bond acceptors (Lipinski definition) is 2. The maximum absolute atomic E-state index is 11.2. The summed E-state index contributed by atoms with van der Waals surface area (Å²) in [7, 11) is 0. The molecule has 0 unspecified atom stereocenters. The van der Waals surface area contributed by atoms with Crippen LogP contribution in [0.2, 0.25) is 5.02 Å². The molecule has 0 heterocycles. The van der Waals surface area contributed by atoms with Crippen molar-refractivity contribution in [2.75, 3.05) is 0 Å². The quantitative estimate of drug-likeness (QED) is 0.792. The van der Waals surface area contributed by atoms with Crippen molar-refractivity contribution in [3.63, 3.8) is 0 Å². The Morgan fingerprint density at radius 2 is 1.94 bits per heavy atom. The first-order valence-corrected chi connectivity index (χ1v) is 6.53. The zero-order valence-corrected chi connectivity index (χ0v) is 12.1. The first kappa shape index (κ1) is 13.2. The monoisotopic (exact) mass is 373 g/mol. The summed E-state index contributed by atoms with van der Waals surface area (Å²) in [6, 6.07) is 10.3. The van der Waals surface area contributed by atoms with Gasteiger partial charge in [-0.25, -0.2) is 0 Å². The van der Waals surface area contributed by atoms with Crippen molar-refractivity contribution in [3.8, 4) is 16.9 Å². The average molecular weight is 374 g/mol. The van der Waals surface area contributed by atoms with E-state index >= 15 is 0 Å². The van der Waals surface area contributed by atoms with Gasteiger partial charge in [-0.15, -0.1) is 0 Å². The summed E-state index contributed by atoms with van der Waals surface area (Å²) in [5.74, 6) is -0.816. The molecule has 2 rings (SSSR count). The van der Waals surface area contributed by atoms with Gasteiger partial charge in [0.15, 0.2) is 0 Å². The topological polar surface area (TPSA) is 63.3 Å². The number of primary amides is 1. The molecule has 92 valence electrons. The summed E-state index contributed by atoms with van der Waals surface area (Å²) in [5.41, 5.74) is 6.43. The first-order chi connectivity index (χ1) is 8.50. The number of carbonyl (C=O) groups is 1. The standard InChI is InChI=1S/C13H9ClINO2/c14-11-6-7(15)4-5-8(11)9-2-1-3-10(12(9)17)13(16)18/h1-6,17H,(H2,16,18). The van der Waals surface area contributed by atoms with E-state index in [1.807, 2.05) is 6.07 Å². The normalized spacial score (nSPS) is 10.3. The molecule has 18 heavy (non-hydrogen) atoms. The van der Waals surface area contributed by atoms with Gasteiger partial charge < -0.3 is 10.8 Å². The van der Waals surface area contributed by atoms with Gasteiger partial charge in [-0.3, -0.25) is 4.79 Å². The molecule has 0 aliphatic carbocycles. The number of amides is 1. The van der Waals surface area contributed by atoms with Crippen LogP contribution in [0.3, 0.4) is 0 Å². The highest BCUT2D eigenvalue weighted by Gasteiger charge is 2.14. The van der Waals surface area contributed by atoms with Crippen LogP contribution in [0.25, 0.3) is 11.1 Å². The van der Waals surface area contributed by atoms with Crippen molar-refractivity contribution in [1.82, 2.24) is 0 Å². The molecule has 3 nitrogen and oxygen atoms in total. The summed E-state index contributed by atoms with van der Waals surface area (Å²) in [4.78, 5) is 11.2. The fourth-order valence-electron chi connectivity index (χ4n) is 1.67. The van der Waals surface area contributed by atoms with E-state index in [4.69, 9.17) is 17.3 Å². The van der Waals surface area contributed by atoms with E-state index in [1.165, 1.54) is 6.07 Å². The molecule has 3 N–H and O–H groups in total. The van der Waals surface area contributed by atoms with Crippen LogP contribution in [0.5, 0.6) is 5.75 Å². The third-order valence-electron chi connectivity index (χ3n) is 2.52. The molecule has 0 saturated carbocycles. The zero-order valence-electron chi connectivity index (χ0n) is 9.15. The molecule has 0 aromatic heterocycles. The van der Waals surface area contributed by atoms with Gasteiger partial charge in [0, 0.05) is 19.7 Å². The smallest absolute Gasteiger partial charge is 0.252 e. The van der Waals surface area contributed by atoms with Crippen LogP contribution in [-0.4, -0.2) is 11.0 Å². The molecule has 0 aliphatic rings. The van der Waals surface area contributed by atoms with Gasteiger partial charge in [0.05, 0.1) is 5.56 Å². The van der Waals surface area contributed by atoms with E-state index < -0.39 is 5.91 Å². The molecule has 0 fully saturated rings. The second-order valence-electron chi connectivity index (χ2n) is 3.69. The number of halogens is 2. The molecule has 2 aromatic rings. The number of para-hydroxylation sites is 1. The maximum atomic E-state index is 11.2. The van der Waals surface area contributed by atoms with Crippen molar-refractivity contribution in [3.05, 3.63) is 50.6 Å². The SMILES string of the molecule is NC(=O)c1cccc(-c2ccc(I)cc2Cl)c1O. The van der Waals surface area contributed by atoms with Gasteiger partial charge >= 0.3 is 0 Å². The number of aromatic hydroxyl groups is 1. The Kier molecular flexibility index (Phi) is 3.77. The lowest BCUT2D eigenvalue weighted by Crippen LogP contribution is -2.11. The van der Waals surface area contributed by atoms with E-state index in [2.05, 4.69) is 22.6 Å². The predicted molar refractivity (Wildman–Crippen MR) is 79.8 cm³/mol. The van der Waals surface area contributed by atoms with Crippen LogP contribution in [0.1, 0.15) is 10.4 Å². The van der Waals surface area contributed by atoms with E-state index in [1.54, 1.807) is 24.3 Å². The van der Waals surface area contributed by atoms with E-state index in [0.29, 0.717) is 16.1 Å². The third kappa shape index (κ3) is 2.44. The van der Waals surface area contributed by atoms with Crippen LogP contribution in [0, 0.1) is 3.57 Å². The molecule has 2 aromatic carbocycles. The van der Waals surface area contributed by atoms with Gasteiger partial charge in [-0.1, -0.05) is 29.8 Å². The van der Waals surface area contributed by atoms with Crippen LogP contribution in [0.15, 0.2) is 36.4 Å². The predicted octanol–water partition coefficient (Wildman–Crippen LogP) is 3.42. The minimum atomic E-state index is -0.670. The molecule has 0 aliphatic heterocycles. The molecule has 0 radical (unpaired) electrons. The fourth-order valence-corrected chi connectivity index (χ4v) is 2.63. The summed E-state index contributed by atoms with van der Waals surface area (Å²) < 4.78 is 0.992. The Morgan fingerprint density at radius 3 is 2.56 bits per heavy atom. The number of carbonyl (C=O) groups excluding carboxylic acids is 1. The summed E-state index contributed by atoms with van der Waals surface area (Å²) >= 11 is 8.28. The largest absolute Gasteiger partial charge is 0.506 e. The van der Waals surface area contributed by atoms with E-state index in [0.717, 1.165) is 3.57 Å². The minimum absolute atomic E-state index is 0.0853. The average Bonchev–Trinajstić information content (AvgIpc) is 2.30. The molecule has 0 bridgehead atoms. The second-order valence-corrected chi connectivity index (χ2v) is 5.34. The van der Waals surface area contributed by atoms with Crippen molar-refractivity contribution in [2.24, 2.45) is 5.73 Å². The minimum Gasteiger partial charge on any atom is -0.506 e. The lowest BCUT2D eigenvalue weighted by Gasteiger charge is -2.09. The molecule has 0 atom stereocenters. The van der Waals surface area contributed by atoms with Crippen LogP contribution in [-0.2, 0) is 0 Å². The maximum Gasteiger partial charge on any atom is 0.252 e.